The first kappa shape index (κ1) is 22.7. The lowest BCUT2D eigenvalue weighted by atomic mass is 9.89. The normalized spacial score (nSPS) is 17.5. The number of allylic oxidation sites excluding steroid dienone is 1. The molecule has 4 rings (SSSR count). The molecule has 6 heteroatoms. The second-order valence-corrected chi connectivity index (χ2v) is 9.43. The minimum Gasteiger partial charge on any atom is -0.496 e. The van der Waals surface area contributed by atoms with E-state index in [1.165, 1.54) is 35.4 Å². The number of amides is 1. The Bertz CT molecular complexity index is 1040. The fraction of sp³-hybridized carbons (Fsp3) is 0.462. The zero-order valence-corrected chi connectivity index (χ0v) is 19.6. The van der Waals surface area contributed by atoms with Crippen LogP contribution in [0.15, 0.2) is 23.2 Å². The van der Waals surface area contributed by atoms with Crippen LogP contribution in [0, 0.1) is 5.92 Å². The number of hydrogen-bond acceptors (Lipinski definition) is 3. The van der Waals surface area contributed by atoms with E-state index in [1.54, 1.807) is 7.11 Å². The molecule has 0 bridgehead atoms. The first-order valence-corrected chi connectivity index (χ1v) is 11.8. The van der Waals surface area contributed by atoms with E-state index in [4.69, 9.17) is 16.3 Å². The molecule has 5 nitrogen and oxygen atoms in total. The molecule has 170 valence electrons. The second kappa shape index (κ2) is 9.95. The molecule has 1 saturated carbocycles. The van der Waals surface area contributed by atoms with E-state index in [9.17, 15) is 9.59 Å². The summed E-state index contributed by atoms with van der Waals surface area (Å²) >= 11 is 6.54. The van der Waals surface area contributed by atoms with E-state index in [0.29, 0.717) is 19.0 Å². The number of hydrogen-bond donors (Lipinski definition) is 1. The quantitative estimate of drug-likeness (QED) is 0.497. The molecule has 1 heterocycles. The van der Waals surface area contributed by atoms with Gasteiger partial charge in [-0.1, -0.05) is 30.7 Å². The first-order valence-electron chi connectivity index (χ1n) is 11.4. The lowest BCUT2D eigenvalue weighted by Gasteiger charge is -2.20. The molecule has 1 fully saturated rings. The van der Waals surface area contributed by atoms with Gasteiger partial charge in [-0.3, -0.25) is 4.79 Å². The van der Waals surface area contributed by atoms with Crippen molar-refractivity contribution in [3.8, 4) is 5.75 Å². The third-order valence-electron chi connectivity index (χ3n) is 6.72. The maximum absolute atomic E-state index is 11.6. The van der Waals surface area contributed by atoms with Gasteiger partial charge >= 0.3 is 0 Å². The second-order valence-electron chi connectivity index (χ2n) is 8.94. The molecule has 1 N–H and O–H groups in total. The molecule has 32 heavy (non-hydrogen) atoms. The molecule has 1 amide bonds. The van der Waals surface area contributed by atoms with Gasteiger partial charge in [-0.25, -0.2) is 0 Å². The van der Waals surface area contributed by atoms with Gasteiger partial charge in [0.25, 0.3) is 0 Å². The number of fused-ring (bicyclic) bond motifs is 1. The predicted molar refractivity (Wildman–Crippen MR) is 127 cm³/mol. The Labute approximate surface area is 194 Å². The maximum Gasteiger partial charge on any atom is 0.207 e. The van der Waals surface area contributed by atoms with E-state index >= 15 is 0 Å². The summed E-state index contributed by atoms with van der Waals surface area (Å²) in [7, 11) is 1.68. The van der Waals surface area contributed by atoms with Crippen molar-refractivity contribution in [3.05, 3.63) is 56.9 Å². The highest BCUT2D eigenvalue weighted by Crippen LogP contribution is 2.43. The number of carbonyl (C=O) groups excluding carboxylic acids is 2. The first-order chi connectivity index (χ1) is 15.6. The Kier molecular flexibility index (Phi) is 7.04. The molecule has 0 saturated heterocycles. The summed E-state index contributed by atoms with van der Waals surface area (Å²) in [5.41, 5.74) is 7.21. The van der Waals surface area contributed by atoms with Crippen LogP contribution in [0.1, 0.15) is 65.7 Å². The van der Waals surface area contributed by atoms with Gasteiger partial charge in [0.05, 0.1) is 13.7 Å². The van der Waals surface area contributed by atoms with E-state index in [-0.39, 0.29) is 5.92 Å². The van der Waals surface area contributed by atoms with Crippen molar-refractivity contribution in [2.45, 2.75) is 64.5 Å². The lowest BCUT2D eigenvalue weighted by Crippen LogP contribution is -2.13. The average Bonchev–Trinajstić information content (AvgIpc) is 3.55. The summed E-state index contributed by atoms with van der Waals surface area (Å²) in [5.74, 6) is 1.83. The molecule has 1 aromatic carbocycles. The van der Waals surface area contributed by atoms with Crippen LogP contribution in [-0.4, -0.2) is 24.4 Å². The van der Waals surface area contributed by atoms with Crippen molar-refractivity contribution in [3.63, 3.8) is 0 Å². The SMILES string of the molecule is COc1cccc(CNC=O)c1CCc1c2c(n(CC=O)c1CC1CC1)C(C)CC(Cl)=C2. The number of nitrogens with zero attached hydrogens (tertiary/aromatic N) is 1. The van der Waals surface area contributed by atoms with Gasteiger partial charge < -0.3 is 19.4 Å². The number of nitrogens with one attached hydrogen (secondary N) is 1. The standard InChI is InChI=1S/C26H31ClN2O3/c1-17-12-20(27)14-23-22(24(13-18-6-7-18)29(10-11-30)26(17)23)9-8-21-19(15-28-16-31)4-3-5-25(21)32-2/h3-5,11,14,16-18H,6-10,12-13,15H2,1-2H3,(H,28,31). The van der Waals surface area contributed by atoms with Crippen molar-refractivity contribution >= 4 is 30.4 Å². The Morgan fingerprint density at radius 2 is 2.00 bits per heavy atom. The summed E-state index contributed by atoms with van der Waals surface area (Å²) < 4.78 is 7.91. The third kappa shape index (κ3) is 4.63. The smallest absolute Gasteiger partial charge is 0.207 e. The zero-order valence-electron chi connectivity index (χ0n) is 18.8. The summed E-state index contributed by atoms with van der Waals surface area (Å²) in [5, 5.41) is 3.65. The van der Waals surface area contributed by atoms with Gasteiger partial charge in [0.15, 0.2) is 0 Å². The van der Waals surface area contributed by atoms with E-state index in [2.05, 4.69) is 22.9 Å². The van der Waals surface area contributed by atoms with Gasteiger partial charge in [-0.2, -0.15) is 0 Å². The molecular formula is C26H31ClN2O3. The number of rotatable bonds is 11. The number of benzene rings is 1. The van der Waals surface area contributed by atoms with Crippen LogP contribution in [-0.2, 0) is 41.9 Å². The highest BCUT2D eigenvalue weighted by molar-refractivity contribution is 6.31. The summed E-state index contributed by atoms with van der Waals surface area (Å²) in [6.07, 6.45) is 9.81. The monoisotopic (exact) mass is 454 g/mol. The fourth-order valence-electron chi connectivity index (χ4n) is 5.11. The van der Waals surface area contributed by atoms with E-state index < -0.39 is 0 Å². The number of aldehydes is 1. The Morgan fingerprint density at radius 1 is 1.22 bits per heavy atom. The van der Waals surface area contributed by atoms with Crippen LogP contribution in [0.5, 0.6) is 5.75 Å². The number of ether oxygens (including phenoxy) is 1. The molecule has 1 aromatic heterocycles. The van der Waals surface area contributed by atoms with Gasteiger partial charge in [-0.15, -0.1) is 0 Å². The fourth-order valence-corrected chi connectivity index (χ4v) is 5.45. The molecule has 2 aliphatic carbocycles. The van der Waals surface area contributed by atoms with Crippen LogP contribution in [0.4, 0.5) is 0 Å². The van der Waals surface area contributed by atoms with Crippen LogP contribution in [0.3, 0.4) is 0 Å². The van der Waals surface area contributed by atoms with E-state index in [1.807, 2.05) is 18.2 Å². The minimum absolute atomic E-state index is 0.285. The van der Waals surface area contributed by atoms with Crippen molar-refractivity contribution in [2.24, 2.45) is 5.92 Å². The Hall–Kier alpha value is -2.53. The number of methoxy groups -OCH3 is 1. The molecule has 1 atom stereocenters. The van der Waals surface area contributed by atoms with Gasteiger partial charge in [0, 0.05) is 34.4 Å². The molecule has 0 spiro atoms. The summed E-state index contributed by atoms with van der Waals surface area (Å²) in [6, 6.07) is 5.96. The predicted octanol–water partition coefficient (Wildman–Crippen LogP) is 4.77. The minimum atomic E-state index is 0.285. The van der Waals surface area contributed by atoms with Crippen molar-refractivity contribution in [2.75, 3.05) is 7.11 Å². The van der Waals surface area contributed by atoms with Gasteiger partial charge in [0.1, 0.15) is 12.0 Å². The lowest BCUT2D eigenvalue weighted by molar-refractivity contribution is -0.110. The van der Waals surface area contributed by atoms with Gasteiger partial charge in [-0.05, 0) is 73.3 Å². The number of halogens is 1. The number of aromatic nitrogens is 1. The summed E-state index contributed by atoms with van der Waals surface area (Å²) in [4.78, 5) is 22.5. The van der Waals surface area contributed by atoms with Crippen LogP contribution >= 0.6 is 11.6 Å². The molecule has 1 unspecified atom stereocenters. The molecular weight excluding hydrogens is 424 g/mol. The third-order valence-corrected chi connectivity index (χ3v) is 6.99. The zero-order chi connectivity index (χ0) is 22.7. The van der Waals surface area contributed by atoms with Crippen LogP contribution in [0.25, 0.3) is 6.08 Å². The maximum atomic E-state index is 11.6. The molecule has 0 radical (unpaired) electrons. The highest BCUT2D eigenvalue weighted by Gasteiger charge is 2.31. The van der Waals surface area contributed by atoms with Crippen LogP contribution < -0.4 is 10.1 Å². The number of carbonyl (C=O) groups is 2. The highest BCUT2D eigenvalue weighted by atomic mass is 35.5. The Balaban J connectivity index is 1.75. The average molecular weight is 455 g/mol. The molecule has 2 aromatic rings. The topological polar surface area (TPSA) is 60.3 Å². The molecule has 0 aliphatic heterocycles. The van der Waals surface area contributed by atoms with Crippen molar-refractivity contribution in [1.82, 2.24) is 9.88 Å². The van der Waals surface area contributed by atoms with Crippen molar-refractivity contribution < 1.29 is 14.3 Å². The Morgan fingerprint density at radius 3 is 2.69 bits per heavy atom. The largest absolute Gasteiger partial charge is 0.496 e. The van der Waals surface area contributed by atoms with E-state index in [0.717, 1.165) is 60.3 Å². The molecule has 2 aliphatic rings. The summed E-state index contributed by atoms with van der Waals surface area (Å²) in [6.45, 7) is 3.06. The van der Waals surface area contributed by atoms with Crippen LogP contribution in [0.2, 0.25) is 0 Å². The van der Waals surface area contributed by atoms with Gasteiger partial charge in [0.2, 0.25) is 6.41 Å². The van der Waals surface area contributed by atoms with Crippen molar-refractivity contribution in [1.29, 1.82) is 0 Å².